The third-order valence-electron chi connectivity index (χ3n) is 3.40. The zero-order chi connectivity index (χ0) is 16.2. The van der Waals surface area contributed by atoms with Crippen LogP contribution in [0.25, 0.3) is 11.4 Å². The van der Waals surface area contributed by atoms with Crippen molar-refractivity contribution < 1.29 is 4.39 Å². The first-order chi connectivity index (χ1) is 11.1. The fourth-order valence-electron chi connectivity index (χ4n) is 2.18. The van der Waals surface area contributed by atoms with Gasteiger partial charge in [0.25, 0.3) is 0 Å². The molecule has 2 aromatic heterocycles. The number of pyridine rings is 1. The molecule has 3 rings (SSSR count). The number of nitrogen functional groups attached to an aromatic ring is 1. The van der Waals surface area contributed by atoms with Gasteiger partial charge in [-0.15, -0.1) is 0 Å². The molecule has 116 valence electrons. The molecule has 0 unspecified atom stereocenters. The van der Waals surface area contributed by atoms with E-state index in [1.165, 1.54) is 6.07 Å². The highest BCUT2D eigenvalue weighted by Gasteiger charge is 2.08. The summed E-state index contributed by atoms with van der Waals surface area (Å²) in [5, 5.41) is 3.10. The van der Waals surface area contributed by atoms with Gasteiger partial charge < -0.3 is 11.1 Å². The van der Waals surface area contributed by atoms with Crippen LogP contribution in [0.3, 0.4) is 0 Å². The Labute approximate surface area is 133 Å². The van der Waals surface area contributed by atoms with E-state index in [1.54, 1.807) is 36.7 Å². The van der Waals surface area contributed by atoms with Gasteiger partial charge in [0.05, 0.1) is 5.56 Å². The van der Waals surface area contributed by atoms with Gasteiger partial charge in [-0.3, -0.25) is 0 Å². The van der Waals surface area contributed by atoms with Crippen LogP contribution in [0.15, 0.2) is 48.8 Å². The zero-order valence-electron chi connectivity index (χ0n) is 12.6. The average Bonchev–Trinajstić information content (AvgIpc) is 2.55. The molecule has 1 aromatic carbocycles. The first-order valence-electron chi connectivity index (χ1n) is 7.16. The van der Waals surface area contributed by atoms with E-state index in [0.29, 0.717) is 35.1 Å². The minimum absolute atomic E-state index is 0.233. The van der Waals surface area contributed by atoms with E-state index < -0.39 is 0 Å². The lowest BCUT2D eigenvalue weighted by molar-refractivity contribution is 0.611. The van der Waals surface area contributed by atoms with E-state index in [4.69, 9.17) is 5.73 Å². The Bertz CT molecular complexity index is 835. The molecule has 5 nitrogen and oxygen atoms in total. The Morgan fingerprint density at radius 3 is 2.78 bits per heavy atom. The Balaban J connectivity index is 1.79. The van der Waals surface area contributed by atoms with Gasteiger partial charge in [-0.05, 0) is 36.8 Å². The van der Waals surface area contributed by atoms with E-state index in [2.05, 4.69) is 20.3 Å². The van der Waals surface area contributed by atoms with E-state index in [-0.39, 0.29) is 5.82 Å². The molecule has 23 heavy (non-hydrogen) atoms. The molecule has 0 aliphatic carbocycles. The van der Waals surface area contributed by atoms with Gasteiger partial charge >= 0.3 is 0 Å². The number of halogens is 1. The third kappa shape index (κ3) is 3.42. The van der Waals surface area contributed by atoms with Crippen molar-refractivity contribution in [1.82, 2.24) is 15.0 Å². The van der Waals surface area contributed by atoms with E-state index in [1.807, 2.05) is 13.0 Å². The van der Waals surface area contributed by atoms with Crippen molar-refractivity contribution in [3.63, 3.8) is 0 Å². The molecule has 0 radical (unpaired) electrons. The summed E-state index contributed by atoms with van der Waals surface area (Å²) in [6.07, 6.45) is 3.24. The van der Waals surface area contributed by atoms with Gasteiger partial charge in [-0.2, -0.15) is 0 Å². The molecule has 6 heteroatoms. The maximum Gasteiger partial charge on any atom is 0.165 e. The van der Waals surface area contributed by atoms with Crippen molar-refractivity contribution >= 4 is 11.6 Å². The molecule has 3 aromatic rings. The number of rotatable bonds is 4. The molecule has 0 saturated heterocycles. The van der Waals surface area contributed by atoms with Gasteiger partial charge in [-0.25, -0.2) is 19.3 Å². The number of nitrogens with two attached hydrogens (primary N) is 1. The Kier molecular flexibility index (Phi) is 4.14. The summed E-state index contributed by atoms with van der Waals surface area (Å²) in [5.41, 5.74) is 7.98. The van der Waals surface area contributed by atoms with Crippen LogP contribution in [0.1, 0.15) is 11.1 Å². The summed E-state index contributed by atoms with van der Waals surface area (Å²) in [5.74, 6) is 1.21. The van der Waals surface area contributed by atoms with Crippen molar-refractivity contribution in [3.05, 3.63) is 65.7 Å². The number of anilines is 2. The van der Waals surface area contributed by atoms with Crippen LogP contribution in [0.2, 0.25) is 0 Å². The molecule has 2 heterocycles. The predicted octanol–water partition coefficient (Wildman–Crippen LogP) is 3.18. The van der Waals surface area contributed by atoms with Crippen molar-refractivity contribution in [2.45, 2.75) is 13.5 Å². The summed E-state index contributed by atoms with van der Waals surface area (Å²) in [4.78, 5) is 12.6. The van der Waals surface area contributed by atoms with Crippen molar-refractivity contribution in [2.75, 3.05) is 11.1 Å². The van der Waals surface area contributed by atoms with E-state index in [0.717, 1.165) is 5.56 Å². The van der Waals surface area contributed by atoms with Gasteiger partial charge in [0.15, 0.2) is 5.82 Å². The second-order valence-corrected chi connectivity index (χ2v) is 5.15. The summed E-state index contributed by atoms with van der Waals surface area (Å²) < 4.78 is 13.9. The minimum Gasteiger partial charge on any atom is -0.383 e. The summed E-state index contributed by atoms with van der Waals surface area (Å²) in [7, 11) is 0. The Hall–Kier alpha value is -3.02. The number of nitrogens with zero attached hydrogens (tertiary/aromatic N) is 3. The lowest BCUT2D eigenvalue weighted by Crippen LogP contribution is -2.05. The lowest BCUT2D eigenvalue weighted by atomic mass is 10.1. The number of aromatic nitrogens is 3. The van der Waals surface area contributed by atoms with E-state index >= 15 is 0 Å². The van der Waals surface area contributed by atoms with Gasteiger partial charge in [0, 0.05) is 24.5 Å². The maximum atomic E-state index is 13.9. The second-order valence-electron chi connectivity index (χ2n) is 5.15. The summed E-state index contributed by atoms with van der Waals surface area (Å²) in [6, 6.07) is 10.5. The fraction of sp³-hybridized carbons (Fsp3) is 0.118. The minimum atomic E-state index is -0.233. The van der Waals surface area contributed by atoms with Gasteiger partial charge in [0.2, 0.25) is 0 Å². The lowest BCUT2D eigenvalue weighted by Gasteiger charge is -2.09. The highest BCUT2D eigenvalue weighted by molar-refractivity contribution is 5.68. The van der Waals surface area contributed by atoms with E-state index in [9.17, 15) is 4.39 Å². The first kappa shape index (κ1) is 14.9. The third-order valence-corrected chi connectivity index (χ3v) is 3.40. The smallest absolute Gasteiger partial charge is 0.165 e. The SMILES string of the molecule is Cc1ccc(CNc2ccnc(-c3cccnc3N)n2)c(F)c1. The molecular formula is C17H16FN5. The Morgan fingerprint density at radius 1 is 1.13 bits per heavy atom. The molecule has 0 aliphatic heterocycles. The zero-order valence-corrected chi connectivity index (χ0v) is 12.6. The monoisotopic (exact) mass is 309 g/mol. The first-order valence-corrected chi connectivity index (χ1v) is 7.16. The highest BCUT2D eigenvalue weighted by atomic mass is 19.1. The summed E-state index contributed by atoms with van der Waals surface area (Å²) in [6.45, 7) is 2.19. The predicted molar refractivity (Wildman–Crippen MR) is 88.1 cm³/mol. The number of benzene rings is 1. The molecular weight excluding hydrogens is 293 g/mol. The number of hydrogen-bond donors (Lipinski definition) is 2. The van der Waals surface area contributed by atoms with Crippen LogP contribution < -0.4 is 11.1 Å². The highest BCUT2D eigenvalue weighted by Crippen LogP contribution is 2.21. The van der Waals surface area contributed by atoms with Crippen LogP contribution in [-0.4, -0.2) is 15.0 Å². The average molecular weight is 309 g/mol. The van der Waals surface area contributed by atoms with Crippen molar-refractivity contribution in [2.24, 2.45) is 0 Å². The molecule has 0 aliphatic rings. The molecule has 0 saturated carbocycles. The molecule has 0 fully saturated rings. The van der Waals surface area contributed by atoms with Crippen LogP contribution in [0.5, 0.6) is 0 Å². The molecule has 0 bridgehead atoms. The van der Waals surface area contributed by atoms with Gasteiger partial charge in [-0.1, -0.05) is 12.1 Å². The number of aryl methyl sites for hydroxylation is 1. The largest absolute Gasteiger partial charge is 0.383 e. The standard InChI is InChI=1S/C17H16FN5/c1-11-4-5-12(14(18)9-11)10-22-15-6-8-21-17(23-15)13-3-2-7-20-16(13)19/h2-9H,10H2,1H3,(H2,19,20)(H,21,22,23). The number of nitrogens with one attached hydrogen (secondary N) is 1. The van der Waals surface area contributed by atoms with Crippen LogP contribution in [0, 0.1) is 12.7 Å². The second kappa shape index (κ2) is 6.39. The van der Waals surface area contributed by atoms with Crippen LogP contribution >= 0.6 is 0 Å². The number of hydrogen-bond acceptors (Lipinski definition) is 5. The maximum absolute atomic E-state index is 13.9. The fourth-order valence-corrected chi connectivity index (χ4v) is 2.18. The molecule has 0 atom stereocenters. The topological polar surface area (TPSA) is 76.7 Å². The van der Waals surface area contributed by atoms with Crippen LogP contribution in [-0.2, 0) is 6.54 Å². The quantitative estimate of drug-likeness (QED) is 0.774. The molecule has 3 N–H and O–H groups in total. The van der Waals surface area contributed by atoms with Crippen LogP contribution in [0.4, 0.5) is 16.0 Å². The molecule has 0 spiro atoms. The van der Waals surface area contributed by atoms with Crippen molar-refractivity contribution in [3.8, 4) is 11.4 Å². The van der Waals surface area contributed by atoms with Crippen molar-refractivity contribution in [1.29, 1.82) is 0 Å². The normalized spacial score (nSPS) is 10.5. The Morgan fingerprint density at radius 2 is 2.00 bits per heavy atom. The molecule has 0 amide bonds. The van der Waals surface area contributed by atoms with Gasteiger partial charge in [0.1, 0.15) is 17.5 Å². The summed E-state index contributed by atoms with van der Waals surface area (Å²) >= 11 is 0.